The summed E-state index contributed by atoms with van der Waals surface area (Å²) in [6.07, 6.45) is 0. The van der Waals surface area contributed by atoms with Crippen LogP contribution in [0.15, 0.2) is 24.3 Å². The van der Waals surface area contributed by atoms with Crippen LogP contribution < -0.4 is 5.32 Å². The summed E-state index contributed by atoms with van der Waals surface area (Å²) in [5.41, 5.74) is 1.30. The van der Waals surface area contributed by atoms with E-state index in [1.54, 1.807) is 24.3 Å². The Hall–Kier alpha value is -1.82. The molecule has 0 aliphatic heterocycles. The lowest BCUT2D eigenvalue weighted by atomic mass is 10.2. The normalized spacial score (nSPS) is 7.86. The van der Waals surface area contributed by atoms with E-state index >= 15 is 0 Å². The maximum Gasteiger partial charge on any atom is 0.221 e. The van der Waals surface area contributed by atoms with Crippen molar-refractivity contribution in [3.8, 4) is 6.07 Å². The Morgan fingerprint density at radius 1 is 1.29 bits per heavy atom. The second-order valence-electron chi connectivity index (χ2n) is 2.37. The molecular weight excluding hydrogens is 176 g/mol. The summed E-state index contributed by atoms with van der Waals surface area (Å²) in [4.78, 5) is 10.6. The second-order valence-corrected chi connectivity index (χ2v) is 2.37. The molecule has 1 aromatic rings. The first kappa shape index (κ1) is 12.2. The predicted molar refractivity (Wildman–Crippen MR) is 56.8 cm³/mol. The zero-order valence-electron chi connectivity index (χ0n) is 8.66. The largest absolute Gasteiger partial charge is 0.326 e. The number of nitrogens with one attached hydrogen (secondary N) is 1. The molecule has 0 fully saturated rings. The minimum absolute atomic E-state index is 0.111. The third-order valence-corrected chi connectivity index (χ3v) is 1.33. The summed E-state index contributed by atoms with van der Waals surface area (Å²) in [6.45, 7) is 5.44. The molecule has 0 saturated carbocycles. The van der Waals surface area contributed by atoms with Gasteiger partial charge in [-0.05, 0) is 24.3 Å². The number of amides is 1. The Labute approximate surface area is 84.4 Å². The van der Waals surface area contributed by atoms with Gasteiger partial charge >= 0.3 is 0 Å². The van der Waals surface area contributed by atoms with Gasteiger partial charge in [-0.25, -0.2) is 0 Å². The number of carbonyl (C=O) groups excluding carboxylic acids is 1. The van der Waals surface area contributed by atoms with Gasteiger partial charge in [0.15, 0.2) is 0 Å². The van der Waals surface area contributed by atoms with Gasteiger partial charge < -0.3 is 5.32 Å². The quantitative estimate of drug-likeness (QED) is 0.739. The van der Waals surface area contributed by atoms with Crippen LogP contribution in [0.3, 0.4) is 0 Å². The summed E-state index contributed by atoms with van der Waals surface area (Å²) in [5, 5.41) is 11.1. The van der Waals surface area contributed by atoms with E-state index in [4.69, 9.17) is 5.26 Å². The van der Waals surface area contributed by atoms with E-state index in [0.29, 0.717) is 11.3 Å². The SMILES string of the molecule is CC.CC(=O)Nc1ccc(C#N)cc1. The maximum absolute atomic E-state index is 10.6. The standard InChI is InChI=1S/C9H8N2O.C2H6/c1-7(12)11-9-4-2-8(6-10)3-5-9;1-2/h2-5H,1H3,(H,11,12);1-2H3. The van der Waals surface area contributed by atoms with Crippen LogP contribution in [0, 0.1) is 11.3 Å². The number of hydrogen-bond acceptors (Lipinski definition) is 2. The molecule has 0 radical (unpaired) electrons. The summed E-state index contributed by atoms with van der Waals surface area (Å²) in [7, 11) is 0. The average Bonchev–Trinajstić information content (AvgIpc) is 2.21. The summed E-state index contributed by atoms with van der Waals surface area (Å²) >= 11 is 0. The smallest absolute Gasteiger partial charge is 0.221 e. The molecule has 1 aromatic carbocycles. The molecule has 1 amide bonds. The second kappa shape index (κ2) is 6.67. The third kappa shape index (κ3) is 4.27. The number of nitrogens with zero attached hydrogens (tertiary/aromatic N) is 1. The van der Waals surface area contributed by atoms with E-state index < -0.39 is 0 Å². The van der Waals surface area contributed by atoms with E-state index in [9.17, 15) is 4.79 Å². The molecule has 0 aliphatic carbocycles. The number of hydrogen-bond donors (Lipinski definition) is 1. The lowest BCUT2D eigenvalue weighted by molar-refractivity contribution is -0.114. The van der Waals surface area contributed by atoms with Gasteiger partial charge in [0.05, 0.1) is 11.6 Å². The van der Waals surface area contributed by atoms with Crippen molar-refractivity contribution in [2.45, 2.75) is 20.8 Å². The van der Waals surface area contributed by atoms with Crippen LogP contribution in [-0.4, -0.2) is 5.91 Å². The molecule has 0 bridgehead atoms. The van der Waals surface area contributed by atoms with Crippen molar-refractivity contribution < 1.29 is 4.79 Å². The lowest BCUT2D eigenvalue weighted by Crippen LogP contribution is -2.05. The maximum atomic E-state index is 10.6. The molecule has 74 valence electrons. The number of nitriles is 1. The Morgan fingerprint density at radius 3 is 2.14 bits per heavy atom. The molecule has 14 heavy (non-hydrogen) atoms. The Morgan fingerprint density at radius 2 is 1.79 bits per heavy atom. The molecule has 0 saturated heterocycles. The highest BCUT2D eigenvalue weighted by Crippen LogP contribution is 2.07. The van der Waals surface area contributed by atoms with Gasteiger partial charge in [0, 0.05) is 12.6 Å². The van der Waals surface area contributed by atoms with Gasteiger partial charge in [-0.15, -0.1) is 0 Å². The number of rotatable bonds is 1. The molecular formula is C11H14N2O. The topological polar surface area (TPSA) is 52.9 Å². The average molecular weight is 190 g/mol. The third-order valence-electron chi connectivity index (χ3n) is 1.33. The van der Waals surface area contributed by atoms with Crippen molar-refractivity contribution in [1.29, 1.82) is 5.26 Å². The van der Waals surface area contributed by atoms with E-state index in [1.165, 1.54) is 6.92 Å². The first-order valence-corrected chi connectivity index (χ1v) is 4.50. The van der Waals surface area contributed by atoms with E-state index in [-0.39, 0.29) is 5.91 Å². The number of anilines is 1. The molecule has 1 rings (SSSR count). The molecule has 3 nitrogen and oxygen atoms in total. The molecule has 0 atom stereocenters. The highest BCUT2D eigenvalue weighted by atomic mass is 16.1. The van der Waals surface area contributed by atoms with Crippen molar-refractivity contribution in [3.63, 3.8) is 0 Å². The van der Waals surface area contributed by atoms with Crippen molar-refractivity contribution >= 4 is 11.6 Å². The van der Waals surface area contributed by atoms with Crippen LogP contribution in [0.4, 0.5) is 5.69 Å². The zero-order valence-corrected chi connectivity index (χ0v) is 8.66. The highest BCUT2D eigenvalue weighted by molar-refractivity contribution is 5.88. The van der Waals surface area contributed by atoms with E-state index in [1.807, 2.05) is 19.9 Å². The van der Waals surface area contributed by atoms with Crippen molar-refractivity contribution in [2.75, 3.05) is 5.32 Å². The molecule has 0 unspecified atom stereocenters. The molecule has 1 N–H and O–H groups in total. The van der Waals surface area contributed by atoms with Crippen LogP contribution in [0.2, 0.25) is 0 Å². The van der Waals surface area contributed by atoms with E-state index in [0.717, 1.165) is 0 Å². The number of benzene rings is 1. The fraction of sp³-hybridized carbons (Fsp3) is 0.273. The van der Waals surface area contributed by atoms with Gasteiger partial charge in [0.1, 0.15) is 0 Å². The van der Waals surface area contributed by atoms with Gasteiger partial charge in [0.25, 0.3) is 0 Å². The fourth-order valence-corrected chi connectivity index (χ4v) is 0.831. The molecule has 0 heterocycles. The van der Waals surface area contributed by atoms with Crippen molar-refractivity contribution in [2.24, 2.45) is 0 Å². The van der Waals surface area contributed by atoms with Crippen LogP contribution in [0.25, 0.3) is 0 Å². The molecule has 3 heteroatoms. The summed E-state index contributed by atoms with van der Waals surface area (Å²) < 4.78 is 0. The highest BCUT2D eigenvalue weighted by Gasteiger charge is 1.94. The minimum atomic E-state index is -0.111. The molecule has 0 aromatic heterocycles. The summed E-state index contributed by atoms with van der Waals surface area (Å²) in [6, 6.07) is 8.70. The summed E-state index contributed by atoms with van der Waals surface area (Å²) in [5.74, 6) is -0.111. The monoisotopic (exact) mass is 190 g/mol. The van der Waals surface area contributed by atoms with Crippen LogP contribution in [0.1, 0.15) is 26.3 Å². The zero-order chi connectivity index (χ0) is 11.0. The van der Waals surface area contributed by atoms with Crippen LogP contribution in [-0.2, 0) is 4.79 Å². The first-order valence-electron chi connectivity index (χ1n) is 4.50. The van der Waals surface area contributed by atoms with Gasteiger partial charge in [-0.1, -0.05) is 13.8 Å². The van der Waals surface area contributed by atoms with Crippen molar-refractivity contribution in [1.82, 2.24) is 0 Å². The Bertz CT molecular complexity index is 322. The molecule has 0 spiro atoms. The van der Waals surface area contributed by atoms with Crippen LogP contribution >= 0.6 is 0 Å². The van der Waals surface area contributed by atoms with Gasteiger partial charge in [-0.3, -0.25) is 4.79 Å². The van der Waals surface area contributed by atoms with Gasteiger partial charge in [0.2, 0.25) is 5.91 Å². The molecule has 0 aliphatic rings. The Balaban J connectivity index is 0.000000791. The predicted octanol–water partition coefficient (Wildman–Crippen LogP) is 2.54. The Kier molecular flexibility index (Phi) is 5.80. The van der Waals surface area contributed by atoms with Crippen LogP contribution in [0.5, 0.6) is 0 Å². The first-order chi connectivity index (χ1) is 6.72. The van der Waals surface area contributed by atoms with Gasteiger partial charge in [-0.2, -0.15) is 5.26 Å². The number of carbonyl (C=O) groups is 1. The fourth-order valence-electron chi connectivity index (χ4n) is 0.831. The van der Waals surface area contributed by atoms with E-state index in [2.05, 4.69) is 5.32 Å². The lowest BCUT2D eigenvalue weighted by Gasteiger charge is -1.99. The minimum Gasteiger partial charge on any atom is -0.326 e. The van der Waals surface area contributed by atoms with Crippen molar-refractivity contribution in [3.05, 3.63) is 29.8 Å².